The molecule has 0 spiro atoms. The molecule has 1 unspecified atom stereocenters. The summed E-state index contributed by atoms with van der Waals surface area (Å²) in [6.45, 7) is 1.59. The number of rotatable bonds is 3. The number of aromatic nitrogens is 2. The monoisotopic (exact) mass is 347 g/mol. The Bertz CT molecular complexity index is 908. The minimum Gasteiger partial charge on any atom is -0.464 e. The highest BCUT2D eigenvalue weighted by Crippen LogP contribution is 2.38. The Morgan fingerprint density at radius 3 is 2.76 bits per heavy atom. The lowest BCUT2D eigenvalue weighted by Gasteiger charge is -2.12. The molecule has 0 amide bonds. The first kappa shape index (κ1) is 15.8. The van der Waals surface area contributed by atoms with Crippen molar-refractivity contribution in [1.82, 2.24) is 9.55 Å². The van der Waals surface area contributed by atoms with Gasteiger partial charge in [-0.3, -0.25) is 0 Å². The van der Waals surface area contributed by atoms with Crippen molar-refractivity contribution in [3.8, 4) is 5.75 Å². The predicted molar refractivity (Wildman–Crippen MR) is 88.6 cm³/mol. The maximum Gasteiger partial charge on any atom is 0.390 e. The molecule has 2 aromatic carbocycles. The molecule has 0 saturated carbocycles. The van der Waals surface area contributed by atoms with E-state index < -0.39 is 12.6 Å². The van der Waals surface area contributed by atoms with Crippen molar-refractivity contribution in [3.63, 3.8) is 0 Å². The van der Waals surface area contributed by atoms with Gasteiger partial charge in [0.2, 0.25) is 0 Å². The summed E-state index contributed by atoms with van der Waals surface area (Å²) >= 11 is 0. The Labute approximate surface area is 142 Å². The van der Waals surface area contributed by atoms with Crippen LogP contribution in [0.25, 0.3) is 11.0 Å². The van der Waals surface area contributed by atoms with E-state index in [0.717, 1.165) is 17.0 Å². The van der Waals surface area contributed by atoms with E-state index in [2.05, 4.69) is 10.3 Å². The number of hydrogen-bond donors (Lipinski definition) is 1. The van der Waals surface area contributed by atoms with Crippen LogP contribution in [0, 0.1) is 6.92 Å². The molecular weight excluding hydrogens is 331 g/mol. The van der Waals surface area contributed by atoms with Crippen LogP contribution in [-0.4, -0.2) is 15.7 Å². The highest BCUT2D eigenvalue weighted by atomic mass is 19.4. The third-order valence-electron chi connectivity index (χ3n) is 4.30. The average Bonchev–Trinajstić information content (AvgIpc) is 3.11. The Morgan fingerprint density at radius 2 is 2.00 bits per heavy atom. The van der Waals surface area contributed by atoms with Gasteiger partial charge in [-0.2, -0.15) is 13.2 Å². The third-order valence-corrected chi connectivity index (χ3v) is 4.30. The zero-order chi connectivity index (χ0) is 17.6. The summed E-state index contributed by atoms with van der Waals surface area (Å²) in [7, 11) is 0. The highest BCUT2D eigenvalue weighted by molar-refractivity contribution is 5.77. The van der Waals surface area contributed by atoms with Crippen LogP contribution in [0.15, 0.2) is 42.5 Å². The SMILES string of the molecule is Cc1nc2cc(C3Nc4ccccc4O3)ccc2n1CCC(F)(F)F. The summed E-state index contributed by atoms with van der Waals surface area (Å²) in [5.41, 5.74) is 3.16. The molecule has 3 aromatic rings. The Hall–Kier alpha value is -2.70. The lowest BCUT2D eigenvalue weighted by atomic mass is 10.1. The number of hydrogen-bond acceptors (Lipinski definition) is 3. The van der Waals surface area contributed by atoms with Gasteiger partial charge in [0.15, 0.2) is 6.23 Å². The van der Waals surface area contributed by atoms with Gasteiger partial charge in [-0.15, -0.1) is 0 Å². The zero-order valence-corrected chi connectivity index (χ0v) is 13.5. The second-order valence-electron chi connectivity index (χ2n) is 6.06. The van der Waals surface area contributed by atoms with Crippen LogP contribution >= 0.6 is 0 Å². The molecule has 4 rings (SSSR count). The fourth-order valence-corrected chi connectivity index (χ4v) is 3.09. The van der Waals surface area contributed by atoms with E-state index in [1.807, 2.05) is 36.4 Å². The van der Waals surface area contributed by atoms with Crippen LogP contribution in [0.4, 0.5) is 18.9 Å². The molecule has 0 bridgehead atoms. The average molecular weight is 347 g/mol. The summed E-state index contributed by atoms with van der Waals surface area (Å²) in [6, 6.07) is 13.2. The second kappa shape index (κ2) is 5.68. The van der Waals surface area contributed by atoms with E-state index in [9.17, 15) is 13.2 Å². The number of fused-ring (bicyclic) bond motifs is 2. The summed E-state index contributed by atoms with van der Waals surface area (Å²) in [5.74, 6) is 1.35. The molecule has 1 atom stereocenters. The quantitative estimate of drug-likeness (QED) is 0.740. The maximum absolute atomic E-state index is 12.5. The van der Waals surface area contributed by atoms with Crippen molar-refractivity contribution in [2.75, 3.05) is 5.32 Å². The first-order chi connectivity index (χ1) is 11.9. The summed E-state index contributed by atoms with van der Waals surface area (Å²) in [4.78, 5) is 4.41. The van der Waals surface area contributed by atoms with Gasteiger partial charge in [0.25, 0.3) is 0 Å². The molecule has 0 radical (unpaired) electrons. The summed E-state index contributed by atoms with van der Waals surface area (Å²) < 4.78 is 45.0. The summed E-state index contributed by atoms with van der Waals surface area (Å²) in [5, 5.41) is 3.28. The smallest absolute Gasteiger partial charge is 0.390 e. The molecule has 4 nitrogen and oxygen atoms in total. The Morgan fingerprint density at radius 1 is 1.20 bits per heavy atom. The van der Waals surface area contributed by atoms with Crippen molar-refractivity contribution in [3.05, 3.63) is 53.9 Å². The largest absolute Gasteiger partial charge is 0.464 e. The van der Waals surface area contributed by atoms with Gasteiger partial charge < -0.3 is 14.6 Å². The third kappa shape index (κ3) is 3.01. The maximum atomic E-state index is 12.5. The van der Waals surface area contributed by atoms with E-state index in [4.69, 9.17) is 4.74 Å². The lowest BCUT2D eigenvalue weighted by Crippen LogP contribution is -2.13. The van der Waals surface area contributed by atoms with E-state index in [0.29, 0.717) is 16.9 Å². The standard InChI is InChI=1S/C18H16F3N3O/c1-11-22-14-10-12(17-23-13-4-2-3-5-16(13)25-17)6-7-15(14)24(11)9-8-18(19,20)21/h2-7,10,17,23H,8-9H2,1H3. The van der Waals surface area contributed by atoms with Crippen LogP contribution in [0.5, 0.6) is 5.75 Å². The van der Waals surface area contributed by atoms with Crippen LogP contribution in [-0.2, 0) is 6.54 Å². The van der Waals surface area contributed by atoms with E-state index in [1.54, 1.807) is 17.6 Å². The van der Waals surface area contributed by atoms with Crippen LogP contribution < -0.4 is 10.1 Å². The van der Waals surface area contributed by atoms with Gasteiger partial charge in [0, 0.05) is 12.1 Å². The first-order valence-corrected chi connectivity index (χ1v) is 7.96. The number of nitrogens with one attached hydrogen (secondary N) is 1. The van der Waals surface area contributed by atoms with Crippen molar-refractivity contribution in [2.24, 2.45) is 0 Å². The Balaban J connectivity index is 1.62. The van der Waals surface area contributed by atoms with Gasteiger partial charge in [-0.1, -0.05) is 18.2 Å². The van der Waals surface area contributed by atoms with Crippen LogP contribution in [0.1, 0.15) is 24.0 Å². The molecule has 25 heavy (non-hydrogen) atoms. The Kier molecular flexibility index (Phi) is 3.59. The van der Waals surface area contributed by atoms with Gasteiger partial charge in [-0.05, 0) is 31.2 Å². The van der Waals surface area contributed by atoms with Crippen molar-refractivity contribution in [1.29, 1.82) is 0 Å². The predicted octanol–water partition coefficient (Wildman–Crippen LogP) is 4.80. The van der Waals surface area contributed by atoms with Gasteiger partial charge in [-0.25, -0.2) is 4.98 Å². The molecule has 7 heteroatoms. The number of aryl methyl sites for hydroxylation is 2. The fraction of sp³-hybridized carbons (Fsp3) is 0.278. The summed E-state index contributed by atoms with van der Waals surface area (Å²) in [6.07, 6.45) is -5.39. The molecule has 0 aliphatic carbocycles. The van der Waals surface area contributed by atoms with Gasteiger partial charge in [0.1, 0.15) is 11.6 Å². The first-order valence-electron chi connectivity index (χ1n) is 7.96. The molecule has 0 fully saturated rings. The minimum absolute atomic E-state index is 0.130. The minimum atomic E-state index is -4.18. The number of halogens is 3. The van der Waals surface area contributed by atoms with Crippen LogP contribution in [0.3, 0.4) is 0 Å². The molecule has 2 heterocycles. The molecule has 130 valence electrons. The van der Waals surface area contributed by atoms with E-state index >= 15 is 0 Å². The van der Waals surface area contributed by atoms with Gasteiger partial charge >= 0.3 is 6.18 Å². The number of para-hydroxylation sites is 2. The zero-order valence-electron chi connectivity index (χ0n) is 13.5. The van der Waals surface area contributed by atoms with E-state index in [1.165, 1.54) is 0 Å². The fourth-order valence-electron chi connectivity index (χ4n) is 3.09. The number of ether oxygens (including phenoxy) is 1. The number of alkyl halides is 3. The number of imidazole rings is 1. The molecule has 1 N–H and O–H groups in total. The van der Waals surface area contributed by atoms with Gasteiger partial charge in [0.05, 0.1) is 23.1 Å². The highest BCUT2D eigenvalue weighted by Gasteiger charge is 2.28. The van der Waals surface area contributed by atoms with Crippen LogP contribution in [0.2, 0.25) is 0 Å². The van der Waals surface area contributed by atoms with E-state index in [-0.39, 0.29) is 12.8 Å². The number of anilines is 1. The second-order valence-corrected chi connectivity index (χ2v) is 6.06. The number of benzene rings is 2. The van der Waals surface area contributed by atoms with Crippen molar-refractivity contribution in [2.45, 2.75) is 32.3 Å². The molecular formula is C18H16F3N3O. The molecule has 1 aliphatic rings. The number of nitrogens with zero attached hydrogens (tertiary/aromatic N) is 2. The normalized spacial score (nSPS) is 16.6. The molecule has 0 saturated heterocycles. The van der Waals surface area contributed by atoms with Crippen molar-refractivity contribution >= 4 is 16.7 Å². The topological polar surface area (TPSA) is 39.1 Å². The molecule has 1 aromatic heterocycles. The van der Waals surface area contributed by atoms with Crippen molar-refractivity contribution < 1.29 is 17.9 Å². The molecule has 1 aliphatic heterocycles. The lowest BCUT2D eigenvalue weighted by molar-refractivity contribution is -0.136.